The van der Waals surface area contributed by atoms with Crippen molar-refractivity contribution < 1.29 is 14.3 Å². The Kier molecular flexibility index (Phi) is 10.9. The second-order valence-corrected chi connectivity index (χ2v) is 8.66. The average molecular weight is 431 g/mol. The number of azide groups is 1. The smallest absolute Gasteiger partial charge is 0.251 e. The molecule has 172 valence electrons. The number of nitrogens with one attached hydrogen (secondary N) is 1. The van der Waals surface area contributed by atoms with E-state index in [-0.39, 0.29) is 12.2 Å². The zero-order valence-corrected chi connectivity index (χ0v) is 19.4. The second-order valence-electron chi connectivity index (χ2n) is 8.66. The average Bonchev–Trinajstić information content (AvgIpc) is 2.79. The number of carbonyl (C=O) groups excluding carboxylic acids is 1. The van der Waals surface area contributed by atoms with Gasteiger partial charge < -0.3 is 14.8 Å². The van der Waals surface area contributed by atoms with Gasteiger partial charge in [-0.25, -0.2) is 0 Å². The summed E-state index contributed by atoms with van der Waals surface area (Å²) in [6.45, 7) is 10.7. The van der Waals surface area contributed by atoms with Crippen LogP contribution in [0.3, 0.4) is 0 Å². The van der Waals surface area contributed by atoms with Crippen molar-refractivity contribution in [3.05, 3.63) is 45.8 Å². The molecule has 0 aliphatic carbocycles. The molecule has 31 heavy (non-hydrogen) atoms. The van der Waals surface area contributed by atoms with Gasteiger partial charge in [0.25, 0.3) is 5.91 Å². The molecule has 1 fully saturated rings. The van der Waals surface area contributed by atoms with Crippen LogP contribution in [0.2, 0.25) is 0 Å². The van der Waals surface area contributed by atoms with Gasteiger partial charge in [-0.05, 0) is 54.3 Å². The van der Waals surface area contributed by atoms with Gasteiger partial charge in [-0.1, -0.05) is 57.8 Å². The number of hydrogen-bond donors (Lipinski definition) is 1. The van der Waals surface area contributed by atoms with Crippen LogP contribution in [0.15, 0.2) is 29.4 Å². The zero-order chi connectivity index (χ0) is 22.6. The summed E-state index contributed by atoms with van der Waals surface area (Å²) in [4.78, 5) is 14.9. The molecular weight excluding hydrogens is 392 g/mol. The summed E-state index contributed by atoms with van der Waals surface area (Å²) in [5.41, 5.74) is 9.85. The van der Waals surface area contributed by atoms with E-state index >= 15 is 0 Å². The van der Waals surface area contributed by atoms with E-state index < -0.39 is 0 Å². The number of unbranched alkanes of at least 4 members (excludes halogenated alkanes) is 3. The summed E-state index contributed by atoms with van der Waals surface area (Å²) in [5, 5.41) is 6.47. The maximum absolute atomic E-state index is 12.2. The van der Waals surface area contributed by atoms with Crippen molar-refractivity contribution in [1.82, 2.24) is 5.32 Å². The van der Waals surface area contributed by atoms with Gasteiger partial charge >= 0.3 is 0 Å². The third-order valence-corrected chi connectivity index (χ3v) is 6.56. The molecule has 1 amide bonds. The van der Waals surface area contributed by atoms with Crippen LogP contribution >= 0.6 is 0 Å². The number of nitrogens with zero attached hydrogens (tertiary/aromatic N) is 3. The molecule has 1 aromatic rings. The highest BCUT2D eigenvalue weighted by atomic mass is 16.7. The largest absolute Gasteiger partial charge is 0.352 e. The summed E-state index contributed by atoms with van der Waals surface area (Å²) >= 11 is 0. The van der Waals surface area contributed by atoms with Gasteiger partial charge in [0.2, 0.25) is 0 Å². The number of rotatable bonds is 12. The van der Waals surface area contributed by atoms with Crippen LogP contribution in [0.1, 0.15) is 75.7 Å². The van der Waals surface area contributed by atoms with Crippen molar-refractivity contribution >= 4 is 5.91 Å². The molecule has 1 aliphatic rings. The van der Waals surface area contributed by atoms with Crippen LogP contribution in [-0.2, 0) is 16.0 Å². The molecule has 7 heteroatoms. The fourth-order valence-corrected chi connectivity index (χ4v) is 4.10. The summed E-state index contributed by atoms with van der Waals surface area (Å²) in [6, 6.07) is 7.14. The van der Waals surface area contributed by atoms with Crippen LogP contribution in [0.4, 0.5) is 0 Å². The van der Waals surface area contributed by atoms with E-state index in [1.54, 1.807) is 12.1 Å². The molecule has 1 N–H and O–H groups in total. The van der Waals surface area contributed by atoms with Gasteiger partial charge in [0, 0.05) is 29.5 Å². The first-order valence-electron chi connectivity index (χ1n) is 11.6. The van der Waals surface area contributed by atoms with Gasteiger partial charge in [0.1, 0.15) is 0 Å². The lowest BCUT2D eigenvalue weighted by atomic mass is 9.78. The van der Waals surface area contributed by atoms with Gasteiger partial charge in [-0.3, -0.25) is 4.79 Å². The first-order chi connectivity index (χ1) is 15.0. The van der Waals surface area contributed by atoms with Gasteiger partial charge in [0.05, 0.1) is 12.6 Å². The quantitative estimate of drug-likeness (QED) is 0.195. The number of hydrogen-bond acceptors (Lipinski definition) is 4. The standard InChI is InChI=1S/C24H38N4O3/c1-5-22-18(3)17(2)19(4)24(31-22)30-15-9-7-6-8-14-26-23(29)21-12-10-20(11-13-21)16-27-28-25/h10-13,17-19,22,24H,5-9,14-16H2,1-4H3,(H,26,29)/t17-,18-,19?,22?,24+/m0/s1. The summed E-state index contributed by atoms with van der Waals surface area (Å²) in [6.07, 6.45) is 5.33. The first-order valence-corrected chi connectivity index (χ1v) is 11.6. The van der Waals surface area contributed by atoms with Crippen molar-refractivity contribution in [2.75, 3.05) is 13.2 Å². The van der Waals surface area contributed by atoms with Gasteiger partial charge in [-0.15, -0.1) is 0 Å². The van der Waals surface area contributed by atoms with Crippen molar-refractivity contribution in [2.45, 2.75) is 78.7 Å². The maximum atomic E-state index is 12.2. The summed E-state index contributed by atoms with van der Waals surface area (Å²) in [7, 11) is 0. The molecule has 0 aromatic heterocycles. The predicted octanol–water partition coefficient (Wildman–Crippen LogP) is 5.85. The topological polar surface area (TPSA) is 96.3 Å². The number of carbonyl (C=O) groups is 1. The molecule has 2 unspecified atom stereocenters. The Labute approximate surface area is 186 Å². The highest BCUT2D eigenvalue weighted by molar-refractivity contribution is 5.94. The minimum absolute atomic E-state index is 0.0732. The third-order valence-electron chi connectivity index (χ3n) is 6.56. The van der Waals surface area contributed by atoms with Crippen molar-refractivity contribution in [2.24, 2.45) is 22.9 Å². The Balaban J connectivity index is 1.56. The molecule has 1 heterocycles. The molecule has 0 radical (unpaired) electrons. The molecule has 0 bridgehead atoms. The Bertz CT molecular complexity index is 716. The lowest BCUT2D eigenvalue weighted by Gasteiger charge is -2.43. The van der Waals surface area contributed by atoms with Crippen LogP contribution in [0.5, 0.6) is 0 Å². The van der Waals surface area contributed by atoms with E-state index in [4.69, 9.17) is 15.0 Å². The molecule has 7 nitrogen and oxygen atoms in total. The SMILES string of the molecule is CCC1O[C@@H](OCCCCCCNC(=O)c2ccc(CN=[N+]=[N-])cc2)C(C)[C@@H](C)[C@@H]1C. The molecule has 5 atom stereocenters. The van der Waals surface area contributed by atoms with Crippen molar-refractivity contribution in [3.63, 3.8) is 0 Å². The summed E-state index contributed by atoms with van der Waals surface area (Å²) < 4.78 is 12.2. The van der Waals surface area contributed by atoms with Crippen LogP contribution in [0, 0.1) is 17.8 Å². The Morgan fingerprint density at radius 2 is 1.81 bits per heavy atom. The van der Waals surface area contributed by atoms with E-state index in [0.29, 0.717) is 42.5 Å². The van der Waals surface area contributed by atoms with E-state index in [1.807, 2.05) is 12.1 Å². The second kappa shape index (κ2) is 13.4. The highest BCUT2D eigenvalue weighted by Crippen LogP contribution is 2.36. The molecule has 0 saturated carbocycles. The van der Waals surface area contributed by atoms with E-state index in [9.17, 15) is 4.79 Å². The molecular formula is C24H38N4O3. The first kappa shape index (κ1) is 25.2. The van der Waals surface area contributed by atoms with Crippen molar-refractivity contribution in [1.29, 1.82) is 0 Å². The third kappa shape index (κ3) is 7.84. The molecule has 1 aliphatic heterocycles. The number of ether oxygens (including phenoxy) is 2. The van der Waals surface area contributed by atoms with E-state index in [0.717, 1.165) is 44.3 Å². The molecule has 0 spiro atoms. The minimum atomic E-state index is -0.0893. The number of benzene rings is 1. The Morgan fingerprint density at radius 1 is 1.10 bits per heavy atom. The normalized spacial score (nSPS) is 25.6. The fourth-order valence-electron chi connectivity index (χ4n) is 4.10. The maximum Gasteiger partial charge on any atom is 0.251 e. The van der Waals surface area contributed by atoms with E-state index in [1.165, 1.54) is 0 Å². The van der Waals surface area contributed by atoms with Gasteiger partial charge in [0.15, 0.2) is 6.29 Å². The molecule has 2 rings (SSSR count). The fraction of sp³-hybridized carbons (Fsp3) is 0.708. The van der Waals surface area contributed by atoms with Gasteiger partial charge in [-0.2, -0.15) is 0 Å². The monoisotopic (exact) mass is 430 g/mol. The summed E-state index contributed by atoms with van der Waals surface area (Å²) in [5.74, 6) is 1.53. The molecule has 1 saturated heterocycles. The van der Waals surface area contributed by atoms with Crippen LogP contribution in [-0.4, -0.2) is 31.5 Å². The van der Waals surface area contributed by atoms with Crippen molar-refractivity contribution in [3.8, 4) is 0 Å². The Morgan fingerprint density at radius 3 is 2.48 bits per heavy atom. The lowest BCUT2D eigenvalue weighted by Crippen LogP contribution is -2.45. The zero-order valence-electron chi connectivity index (χ0n) is 19.4. The Hall–Kier alpha value is -2.08. The molecule has 1 aromatic carbocycles. The highest BCUT2D eigenvalue weighted by Gasteiger charge is 2.38. The van der Waals surface area contributed by atoms with E-state index in [2.05, 4.69) is 43.0 Å². The predicted molar refractivity (Wildman–Crippen MR) is 122 cm³/mol. The van der Waals surface area contributed by atoms with Crippen LogP contribution < -0.4 is 5.32 Å². The minimum Gasteiger partial charge on any atom is -0.352 e. The number of amides is 1. The van der Waals surface area contributed by atoms with Crippen LogP contribution in [0.25, 0.3) is 10.4 Å². The lowest BCUT2D eigenvalue weighted by molar-refractivity contribution is -0.248.